The van der Waals surface area contributed by atoms with Crippen LogP contribution in [0.3, 0.4) is 0 Å². The third-order valence-corrected chi connectivity index (χ3v) is 4.27. The third kappa shape index (κ3) is 5.89. The fourth-order valence-electron chi connectivity index (χ4n) is 2.84. The monoisotopic (exact) mass is 377 g/mol. The van der Waals surface area contributed by atoms with Crippen LogP contribution >= 0.6 is 0 Å². The highest BCUT2D eigenvalue weighted by atomic mass is 19.1. The average Bonchev–Trinajstić information content (AvgIpc) is 3.01. The van der Waals surface area contributed by atoms with Gasteiger partial charge in [0.05, 0.1) is 38.2 Å². The van der Waals surface area contributed by atoms with Crippen LogP contribution in [0.15, 0.2) is 18.3 Å². The second-order valence-electron chi connectivity index (χ2n) is 7.08. The van der Waals surface area contributed by atoms with Gasteiger partial charge in [-0.15, -0.1) is 0 Å². The minimum absolute atomic E-state index is 0.0456. The maximum atomic E-state index is 13.4. The molecule has 0 spiro atoms. The minimum Gasteiger partial charge on any atom is -0.481 e. The van der Waals surface area contributed by atoms with Crippen molar-refractivity contribution in [2.75, 3.05) is 25.5 Å². The fraction of sp³-hybridized carbons (Fsp3) is 0.556. The SMILES string of the molecule is COc1ccc(NC(=O)CC(C)(C)NCC(=O)N2CC(F)C[C@H]2C#N)cn1. The predicted molar refractivity (Wildman–Crippen MR) is 96.7 cm³/mol. The second-order valence-corrected chi connectivity index (χ2v) is 7.08. The van der Waals surface area contributed by atoms with Crippen LogP contribution in [0, 0.1) is 11.3 Å². The normalized spacial score (nSPS) is 19.4. The number of hydrogen-bond acceptors (Lipinski definition) is 6. The van der Waals surface area contributed by atoms with Gasteiger partial charge in [0.15, 0.2) is 0 Å². The molecule has 1 aromatic rings. The smallest absolute Gasteiger partial charge is 0.237 e. The van der Waals surface area contributed by atoms with Gasteiger partial charge in [-0.25, -0.2) is 9.37 Å². The van der Waals surface area contributed by atoms with E-state index in [2.05, 4.69) is 15.6 Å². The van der Waals surface area contributed by atoms with E-state index in [0.717, 1.165) is 0 Å². The molecular formula is C18H24FN5O3. The van der Waals surface area contributed by atoms with Gasteiger partial charge in [0.1, 0.15) is 12.2 Å². The van der Waals surface area contributed by atoms with Crippen LogP contribution in [0.1, 0.15) is 26.7 Å². The molecule has 1 fully saturated rings. The van der Waals surface area contributed by atoms with E-state index in [-0.39, 0.29) is 37.7 Å². The lowest BCUT2D eigenvalue weighted by molar-refractivity contribution is -0.131. The maximum Gasteiger partial charge on any atom is 0.237 e. The topological polar surface area (TPSA) is 107 Å². The van der Waals surface area contributed by atoms with Gasteiger partial charge in [-0.3, -0.25) is 9.59 Å². The van der Waals surface area contributed by atoms with Gasteiger partial charge in [0, 0.05) is 24.4 Å². The van der Waals surface area contributed by atoms with Gasteiger partial charge in [-0.2, -0.15) is 5.26 Å². The van der Waals surface area contributed by atoms with Gasteiger partial charge < -0.3 is 20.3 Å². The van der Waals surface area contributed by atoms with Gasteiger partial charge >= 0.3 is 0 Å². The Hall–Kier alpha value is -2.73. The first kappa shape index (κ1) is 20.6. The Kier molecular flexibility index (Phi) is 6.69. The first-order valence-electron chi connectivity index (χ1n) is 8.62. The lowest BCUT2D eigenvalue weighted by Crippen LogP contribution is -2.49. The summed E-state index contributed by atoms with van der Waals surface area (Å²) in [5, 5.41) is 14.8. The lowest BCUT2D eigenvalue weighted by atomic mass is 10.00. The molecule has 0 saturated carbocycles. The molecule has 2 heterocycles. The number of carbonyl (C=O) groups is 2. The van der Waals surface area contributed by atoms with Crippen molar-refractivity contribution in [3.05, 3.63) is 18.3 Å². The minimum atomic E-state index is -1.17. The van der Waals surface area contributed by atoms with Crippen molar-refractivity contribution in [3.8, 4) is 11.9 Å². The van der Waals surface area contributed by atoms with Gasteiger partial charge in [0.2, 0.25) is 17.7 Å². The van der Waals surface area contributed by atoms with E-state index in [1.54, 1.807) is 26.0 Å². The number of likely N-dealkylation sites (tertiary alicyclic amines) is 1. The van der Waals surface area contributed by atoms with Crippen LogP contribution in [0.25, 0.3) is 0 Å². The zero-order valence-corrected chi connectivity index (χ0v) is 15.7. The zero-order valence-electron chi connectivity index (χ0n) is 15.7. The van der Waals surface area contributed by atoms with Crippen molar-refractivity contribution >= 4 is 17.5 Å². The Labute approximate surface area is 157 Å². The fourth-order valence-corrected chi connectivity index (χ4v) is 2.84. The van der Waals surface area contributed by atoms with E-state index in [0.29, 0.717) is 11.6 Å². The summed E-state index contributed by atoms with van der Waals surface area (Å²) < 4.78 is 18.4. The highest BCUT2D eigenvalue weighted by molar-refractivity contribution is 5.91. The molecule has 1 aliphatic rings. The molecule has 1 aliphatic heterocycles. The molecule has 146 valence electrons. The van der Waals surface area contributed by atoms with Gasteiger partial charge in [-0.1, -0.05) is 0 Å². The molecule has 8 nitrogen and oxygen atoms in total. The number of nitrogens with zero attached hydrogens (tertiary/aromatic N) is 3. The molecule has 2 N–H and O–H groups in total. The molecule has 1 aromatic heterocycles. The molecule has 2 amide bonds. The molecule has 1 saturated heterocycles. The number of rotatable bonds is 7. The molecule has 1 unspecified atom stereocenters. The third-order valence-electron chi connectivity index (χ3n) is 4.27. The molecule has 0 radical (unpaired) electrons. The first-order chi connectivity index (χ1) is 12.7. The summed E-state index contributed by atoms with van der Waals surface area (Å²) >= 11 is 0. The number of anilines is 1. The van der Waals surface area contributed by atoms with Crippen molar-refractivity contribution in [2.45, 2.75) is 44.4 Å². The number of aromatic nitrogens is 1. The van der Waals surface area contributed by atoms with E-state index in [9.17, 15) is 14.0 Å². The van der Waals surface area contributed by atoms with Crippen LogP contribution < -0.4 is 15.4 Å². The average molecular weight is 377 g/mol. The highest BCUT2D eigenvalue weighted by Gasteiger charge is 2.35. The number of nitriles is 1. The Balaban J connectivity index is 1.83. The quantitative estimate of drug-likeness (QED) is 0.741. The van der Waals surface area contributed by atoms with Crippen LogP contribution in [0.4, 0.5) is 10.1 Å². The predicted octanol–water partition coefficient (Wildman–Crippen LogP) is 1.25. The molecule has 2 atom stereocenters. The lowest BCUT2D eigenvalue weighted by Gasteiger charge is -2.27. The number of amides is 2. The number of hydrogen-bond donors (Lipinski definition) is 2. The van der Waals surface area contributed by atoms with Crippen LogP contribution in [-0.4, -0.2) is 59.6 Å². The standard InChI is InChI=1S/C18H24FN5O3/c1-18(2,7-15(25)23-13-4-5-16(27-3)21-9-13)22-10-17(26)24-11-12(19)6-14(24)8-20/h4-5,9,12,14,22H,6-7,10-11H2,1-3H3,(H,23,25)/t12?,14-/m0/s1. The van der Waals surface area contributed by atoms with E-state index in [1.165, 1.54) is 18.2 Å². The Morgan fingerprint density at radius 3 is 2.81 bits per heavy atom. The van der Waals surface area contributed by atoms with E-state index >= 15 is 0 Å². The van der Waals surface area contributed by atoms with Gasteiger partial charge in [0.25, 0.3) is 0 Å². The summed E-state index contributed by atoms with van der Waals surface area (Å²) in [4.78, 5) is 29.8. The van der Waals surface area contributed by atoms with Crippen molar-refractivity contribution in [1.82, 2.24) is 15.2 Å². The highest BCUT2D eigenvalue weighted by Crippen LogP contribution is 2.20. The summed E-state index contributed by atoms with van der Waals surface area (Å²) in [6, 6.07) is 4.53. The first-order valence-corrected chi connectivity index (χ1v) is 8.62. The molecule has 0 bridgehead atoms. The largest absolute Gasteiger partial charge is 0.481 e. The van der Waals surface area contributed by atoms with Crippen molar-refractivity contribution in [3.63, 3.8) is 0 Å². The molecule has 0 aliphatic carbocycles. The molecule has 9 heteroatoms. The number of carbonyl (C=O) groups excluding carboxylic acids is 2. The van der Waals surface area contributed by atoms with Crippen LogP contribution in [-0.2, 0) is 9.59 Å². The maximum absolute atomic E-state index is 13.4. The Bertz CT molecular complexity index is 717. The van der Waals surface area contributed by atoms with E-state index < -0.39 is 17.8 Å². The second kappa shape index (κ2) is 8.77. The van der Waals surface area contributed by atoms with Crippen molar-refractivity contribution in [2.24, 2.45) is 0 Å². The molecule has 2 rings (SSSR count). The number of methoxy groups -OCH3 is 1. The number of nitrogens with one attached hydrogen (secondary N) is 2. The summed E-state index contributed by atoms with van der Waals surface area (Å²) in [7, 11) is 1.50. The van der Waals surface area contributed by atoms with Crippen LogP contribution in [0.2, 0.25) is 0 Å². The number of pyridine rings is 1. The van der Waals surface area contributed by atoms with Crippen molar-refractivity contribution in [1.29, 1.82) is 5.26 Å². The summed E-state index contributed by atoms with van der Waals surface area (Å²) in [6.45, 7) is 3.44. The van der Waals surface area contributed by atoms with E-state index in [1.807, 2.05) is 6.07 Å². The summed E-state index contributed by atoms with van der Waals surface area (Å²) in [5.41, 5.74) is -0.132. The zero-order chi connectivity index (χ0) is 20.0. The number of alkyl halides is 1. The number of halogens is 1. The van der Waals surface area contributed by atoms with Gasteiger partial charge in [-0.05, 0) is 19.9 Å². The summed E-state index contributed by atoms with van der Waals surface area (Å²) in [5.74, 6) is -0.150. The Morgan fingerprint density at radius 1 is 1.48 bits per heavy atom. The number of ether oxygens (including phenoxy) is 1. The van der Waals surface area contributed by atoms with E-state index in [4.69, 9.17) is 10.00 Å². The molecule has 27 heavy (non-hydrogen) atoms. The molecular weight excluding hydrogens is 353 g/mol. The van der Waals surface area contributed by atoms with Crippen molar-refractivity contribution < 1.29 is 18.7 Å². The van der Waals surface area contributed by atoms with Crippen LogP contribution in [0.5, 0.6) is 5.88 Å². The summed E-state index contributed by atoms with van der Waals surface area (Å²) in [6.07, 6.45) is 0.475. The molecule has 0 aromatic carbocycles. The Morgan fingerprint density at radius 2 is 2.22 bits per heavy atom.